The van der Waals surface area contributed by atoms with E-state index in [1.165, 1.54) is 5.56 Å². The summed E-state index contributed by atoms with van der Waals surface area (Å²) in [5.74, 6) is 0.896. The van der Waals surface area contributed by atoms with Gasteiger partial charge in [-0.2, -0.15) is 0 Å². The van der Waals surface area contributed by atoms with Crippen molar-refractivity contribution >= 4 is 5.69 Å². The van der Waals surface area contributed by atoms with Crippen LogP contribution in [0, 0.1) is 0 Å². The lowest BCUT2D eigenvalue weighted by Gasteiger charge is -2.34. The molecule has 0 aromatic heterocycles. The molecular formula is C14H23N3O. The third-order valence-corrected chi connectivity index (χ3v) is 3.62. The summed E-state index contributed by atoms with van der Waals surface area (Å²) in [7, 11) is 1.70. The third-order valence-electron chi connectivity index (χ3n) is 3.62. The summed E-state index contributed by atoms with van der Waals surface area (Å²) in [5, 5.41) is 0. The number of ether oxygens (including phenoxy) is 1. The van der Waals surface area contributed by atoms with Crippen LogP contribution >= 0.6 is 0 Å². The summed E-state index contributed by atoms with van der Waals surface area (Å²) in [6.45, 7) is 8.89. The van der Waals surface area contributed by atoms with Gasteiger partial charge in [0.2, 0.25) is 0 Å². The Kier molecular flexibility index (Phi) is 4.44. The molecule has 0 aliphatic carbocycles. The molecule has 1 aliphatic heterocycles. The highest BCUT2D eigenvalue weighted by Crippen LogP contribution is 2.23. The molecule has 0 unspecified atom stereocenters. The highest BCUT2D eigenvalue weighted by molar-refractivity contribution is 5.48. The number of anilines is 1. The van der Waals surface area contributed by atoms with Crippen molar-refractivity contribution in [2.45, 2.75) is 13.5 Å². The Morgan fingerprint density at radius 3 is 2.44 bits per heavy atom. The molecule has 1 aromatic rings. The van der Waals surface area contributed by atoms with Crippen LogP contribution in [0.5, 0.6) is 5.75 Å². The number of nitrogens with two attached hydrogens (primary N) is 1. The van der Waals surface area contributed by atoms with E-state index in [2.05, 4.69) is 22.8 Å². The van der Waals surface area contributed by atoms with Gasteiger partial charge in [-0.1, -0.05) is 13.0 Å². The van der Waals surface area contributed by atoms with Gasteiger partial charge < -0.3 is 15.4 Å². The number of nitrogen functional groups attached to an aromatic ring is 1. The molecule has 1 aromatic carbocycles. The second-order valence-corrected chi connectivity index (χ2v) is 4.78. The highest BCUT2D eigenvalue weighted by Gasteiger charge is 2.16. The Labute approximate surface area is 109 Å². The Balaban J connectivity index is 1.97. The quantitative estimate of drug-likeness (QED) is 0.819. The number of methoxy groups -OCH3 is 1. The van der Waals surface area contributed by atoms with Crippen molar-refractivity contribution < 1.29 is 4.74 Å². The standard InChI is InChI=1S/C14H23N3O/c1-3-16-6-8-17(9-7-16)11-12-4-5-13(15)10-14(12)18-2/h4-5,10H,3,6-9,11,15H2,1-2H3. The first-order chi connectivity index (χ1) is 8.72. The summed E-state index contributed by atoms with van der Waals surface area (Å²) < 4.78 is 5.39. The third kappa shape index (κ3) is 3.15. The van der Waals surface area contributed by atoms with Crippen molar-refractivity contribution in [2.75, 3.05) is 45.6 Å². The van der Waals surface area contributed by atoms with E-state index in [0.717, 1.165) is 50.7 Å². The molecule has 0 radical (unpaired) electrons. The molecular weight excluding hydrogens is 226 g/mol. The van der Waals surface area contributed by atoms with Crippen molar-refractivity contribution in [3.05, 3.63) is 23.8 Å². The summed E-state index contributed by atoms with van der Waals surface area (Å²) >= 11 is 0. The molecule has 0 atom stereocenters. The van der Waals surface area contributed by atoms with E-state index < -0.39 is 0 Å². The van der Waals surface area contributed by atoms with Crippen molar-refractivity contribution in [3.8, 4) is 5.75 Å². The predicted molar refractivity (Wildman–Crippen MR) is 74.8 cm³/mol. The van der Waals surface area contributed by atoms with Crippen LogP contribution in [-0.4, -0.2) is 49.6 Å². The molecule has 0 saturated carbocycles. The molecule has 2 N–H and O–H groups in total. The summed E-state index contributed by atoms with van der Waals surface area (Å²) in [6, 6.07) is 5.91. The lowest BCUT2D eigenvalue weighted by atomic mass is 10.1. The number of rotatable bonds is 4. The predicted octanol–water partition coefficient (Wildman–Crippen LogP) is 1.41. The van der Waals surface area contributed by atoms with E-state index in [-0.39, 0.29) is 0 Å². The molecule has 100 valence electrons. The Morgan fingerprint density at radius 2 is 1.83 bits per heavy atom. The summed E-state index contributed by atoms with van der Waals surface area (Å²) in [6.07, 6.45) is 0. The number of hydrogen-bond donors (Lipinski definition) is 1. The molecule has 1 saturated heterocycles. The minimum absolute atomic E-state index is 0.756. The van der Waals surface area contributed by atoms with Gasteiger partial charge >= 0.3 is 0 Å². The van der Waals surface area contributed by atoms with Gasteiger partial charge in [0.15, 0.2) is 0 Å². The van der Waals surface area contributed by atoms with Crippen LogP contribution in [0.3, 0.4) is 0 Å². The Morgan fingerprint density at radius 1 is 1.17 bits per heavy atom. The van der Waals surface area contributed by atoms with Gasteiger partial charge in [-0.05, 0) is 12.6 Å². The van der Waals surface area contributed by atoms with E-state index in [1.54, 1.807) is 7.11 Å². The maximum atomic E-state index is 5.77. The number of piperazine rings is 1. The SMILES string of the molecule is CCN1CCN(Cc2ccc(N)cc2OC)CC1. The van der Waals surface area contributed by atoms with E-state index in [4.69, 9.17) is 10.5 Å². The van der Waals surface area contributed by atoms with Crippen molar-refractivity contribution in [1.29, 1.82) is 0 Å². The van der Waals surface area contributed by atoms with Gasteiger partial charge in [-0.3, -0.25) is 4.90 Å². The zero-order valence-corrected chi connectivity index (χ0v) is 11.4. The van der Waals surface area contributed by atoms with Crippen LogP contribution in [0.25, 0.3) is 0 Å². The first-order valence-corrected chi connectivity index (χ1v) is 6.60. The molecule has 4 heteroatoms. The van der Waals surface area contributed by atoms with Crippen LogP contribution in [0.4, 0.5) is 5.69 Å². The topological polar surface area (TPSA) is 41.7 Å². The fourth-order valence-electron chi connectivity index (χ4n) is 2.40. The van der Waals surface area contributed by atoms with Gasteiger partial charge in [0.25, 0.3) is 0 Å². The molecule has 1 heterocycles. The Bertz CT molecular complexity index is 387. The van der Waals surface area contributed by atoms with E-state index in [1.807, 2.05) is 12.1 Å². The van der Waals surface area contributed by atoms with Crippen LogP contribution in [0.1, 0.15) is 12.5 Å². The average Bonchev–Trinajstić information content (AvgIpc) is 2.41. The molecule has 18 heavy (non-hydrogen) atoms. The van der Waals surface area contributed by atoms with Gasteiger partial charge in [-0.15, -0.1) is 0 Å². The Hall–Kier alpha value is -1.26. The van der Waals surface area contributed by atoms with Gasteiger partial charge in [-0.25, -0.2) is 0 Å². The van der Waals surface area contributed by atoms with Gasteiger partial charge in [0, 0.05) is 50.0 Å². The van der Waals surface area contributed by atoms with Gasteiger partial charge in [0.1, 0.15) is 5.75 Å². The maximum Gasteiger partial charge on any atom is 0.125 e. The highest BCUT2D eigenvalue weighted by atomic mass is 16.5. The normalized spacial score (nSPS) is 17.9. The molecule has 0 spiro atoms. The molecule has 4 nitrogen and oxygen atoms in total. The smallest absolute Gasteiger partial charge is 0.125 e. The van der Waals surface area contributed by atoms with Crippen LogP contribution < -0.4 is 10.5 Å². The van der Waals surface area contributed by atoms with E-state index in [0.29, 0.717) is 0 Å². The zero-order chi connectivity index (χ0) is 13.0. The second-order valence-electron chi connectivity index (χ2n) is 4.78. The molecule has 1 fully saturated rings. The first-order valence-electron chi connectivity index (χ1n) is 6.60. The number of nitrogens with zero attached hydrogens (tertiary/aromatic N) is 2. The summed E-state index contributed by atoms with van der Waals surface area (Å²) in [5.41, 5.74) is 7.75. The number of hydrogen-bond acceptors (Lipinski definition) is 4. The van der Waals surface area contributed by atoms with Crippen LogP contribution in [-0.2, 0) is 6.54 Å². The largest absolute Gasteiger partial charge is 0.496 e. The number of benzene rings is 1. The minimum Gasteiger partial charge on any atom is -0.496 e. The zero-order valence-electron chi connectivity index (χ0n) is 11.4. The fourth-order valence-corrected chi connectivity index (χ4v) is 2.40. The van der Waals surface area contributed by atoms with Crippen molar-refractivity contribution in [3.63, 3.8) is 0 Å². The van der Waals surface area contributed by atoms with Crippen molar-refractivity contribution in [2.24, 2.45) is 0 Å². The average molecular weight is 249 g/mol. The lowest BCUT2D eigenvalue weighted by molar-refractivity contribution is 0.131. The number of likely N-dealkylation sites (N-methyl/N-ethyl adjacent to an activating group) is 1. The van der Waals surface area contributed by atoms with Crippen LogP contribution in [0.15, 0.2) is 18.2 Å². The van der Waals surface area contributed by atoms with E-state index >= 15 is 0 Å². The second kappa shape index (κ2) is 6.07. The molecule has 2 rings (SSSR count). The first kappa shape index (κ1) is 13.2. The van der Waals surface area contributed by atoms with Gasteiger partial charge in [0.05, 0.1) is 7.11 Å². The van der Waals surface area contributed by atoms with Crippen LogP contribution in [0.2, 0.25) is 0 Å². The maximum absolute atomic E-state index is 5.77. The van der Waals surface area contributed by atoms with E-state index in [9.17, 15) is 0 Å². The molecule has 0 bridgehead atoms. The molecule has 0 amide bonds. The van der Waals surface area contributed by atoms with Crippen molar-refractivity contribution in [1.82, 2.24) is 9.80 Å². The lowest BCUT2D eigenvalue weighted by Crippen LogP contribution is -2.45. The summed E-state index contributed by atoms with van der Waals surface area (Å²) in [4.78, 5) is 4.96. The monoisotopic (exact) mass is 249 g/mol. The molecule has 1 aliphatic rings. The fraction of sp³-hybridized carbons (Fsp3) is 0.571. The minimum atomic E-state index is 0.756.